The topological polar surface area (TPSA) is 103 Å². The molecule has 1 rings (SSSR count). The van der Waals surface area contributed by atoms with E-state index in [1.54, 1.807) is 20.1 Å². The minimum atomic E-state index is -0.266. The summed E-state index contributed by atoms with van der Waals surface area (Å²) < 4.78 is 10.8. The molecular formula is C12H20N4O3. The van der Waals surface area contributed by atoms with Gasteiger partial charge in [-0.2, -0.15) is 4.98 Å². The van der Waals surface area contributed by atoms with Crippen molar-refractivity contribution in [2.45, 2.75) is 32.8 Å². The van der Waals surface area contributed by atoms with Crippen LogP contribution in [0.4, 0.5) is 0 Å². The predicted molar refractivity (Wildman–Crippen MR) is 70.5 cm³/mol. The van der Waals surface area contributed by atoms with Crippen LogP contribution in [-0.4, -0.2) is 40.3 Å². The fourth-order valence-corrected chi connectivity index (χ4v) is 1.28. The van der Waals surface area contributed by atoms with Crippen molar-refractivity contribution in [3.8, 4) is 6.01 Å². The first-order chi connectivity index (χ1) is 8.88. The Kier molecular flexibility index (Phi) is 5.05. The van der Waals surface area contributed by atoms with Crippen LogP contribution in [0, 0.1) is 6.92 Å². The van der Waals surface area contributed by atoms with Crippen LogP contribution in [0.15, 0.2) is 11.2 Å². The van der Waals surface area contributed by atoms with Gasteiger partial charge < -0.3 is 20.4 Å². The highest BCUT2D eigenvalue weighted by atomic mass is 16.5. The lowest BCUT2D eigenvalue weighted by Gasteiger charge is -2.22. The first-order valence-electron chi connectivity index (χ1n) is 5.89. The second-order valence-electron chi connectivity index (χ2n) is 4.72. The molecule has 0 saturated carbocycles. The Morgan fingerprint density at radius 2 is 2.16 bits per heavy atom. The van der Waals surface area contributed by atoms with Gasteiger partial charge in [-0.1, -0.05) is 5.16 Å². The van der Waals surface area contributed by atoms with Crippen molar-refractivity contribution in [3.63, 3.8) is 0 Å². The zero-order valence-corrected chi connectivity index (χ0v) is 11.7. The van der Waals surface area contributed by atoms with E-state index in [0.29, 0.717) is 24.4 Å². The number of hydrogen-bond acceptors (Lipinski definition) is 6. The number of hydrogen-bond donors (Lipinski definition) is 2. The third-order valence-electron chi connectivity index (χ3n) is 2.69. The van der Waals surface area contributed by atoms with Gasteiger partial charge in [-0.3, -0.25) is 0 Å². The Morgan fingerprint density at radius 3 is 2.74 bits per heavy atom. The lowest BCUT2D eigenvalue weighted by atomic mass is 10.1. The van der Waals surface area contributed by atoms with Crippen LogP contribution in [0.1, 0.15) is 31.7 Å². The molecule has 0 unspecified atom stereocenters. The highest BCUT2D eigenvalue weighted by molar-refractivity contribution is 5.95. The molecule has 1 heterocycles. The highest BCUT2D eigenvalue weighted by Gasteiger charge is 2.16. The molecule has 106 valence electrons. The zero-order valence-electron chi connectivity index (χ0n) is 11.7. The number of amidine groups is 1. The van der Waals surface area contributed by atoms with E-state index < -0.39 is 0 Å². The summed E-state index contributed by atoms with van der Waals surface area (Å²) in [5, 5.41) is 11.5. The van der Waals surface area contributed by atoms with Crippen LogP contribution >= 0.6 is 0 Å². The molecule has 7 heteroatoms. The summed E-state index contributed by atoms with van der Waals surface area (Å²) in [4.78, 5) is 8.19. The van der Waals surface area contributed by atoms with Gasteiger partial charge in [0.05, 0.1) is 12.2 Å². The smallest absolute Gasteiger partial charge is 0.317 e. The summed E-state index contributed by atoms with van der Waals surface area (Å²) >= 11 is 0. The van der Waals surface area contributed by atoms with E-state index in [1.165, 1.54) is 0 Å². The van der Waals surface area contributed by atoms with Gasteiger partial charge in [-0.25, -0.2) is 4.98 Å². The lowest BCUT2D eigenvalue weighted by Crippen LogP contribution is -2.25. The van der Waals surface area contributed by atoms with Gasteiger partial charge in [-0.05, 0) is 26.8 Å². The Bertz CT molecular complexity index is 460. The SMILES string of the molecule is COC(C)(C)CCOc1nc(C)cc(/C(N)=N/O)n1. The fourth-order valence-electron chi connectivity index (χ4n) is 1.28. The Balaban J connectivity index is 2.72. The third kappa shape index (κ3) is 4.70. The minimum Gasteiger partial charge on any atom is -0.463 e. The highest BCUT2D eigenvalue weighted by Crippen LogP contribution is 2.14. The number of ether oxygens (including phenoxy) is 2. The van der Waals surface area contributed by atoms with Crippen molar-refractivity contribution in [1.82, 2.24) is 9.97 Å². The summed E-state index contributed by atoms with van der Waals surface area (Å²) in [5.74, 6) is -0.0763. The molecular weight excluding hydrogens is 248 g/mol. The molecule has 0 bridgehead atoms. The van der Waals surface area contributed by atoms with Crippen molar-refractivity contribution in [2.24, 2.45) is 10.9 Å². The second-order valence-corrected chi connectivity index (χ2v) is 4.72. The number of rotatable bonds is 6. The zero-order chi connectivity index (χ0) is 14.5. The number of nitrogens with zero attached hydrogens (tertiary/aromatic N) is 3. The molecule has 0 aliphatic rings. The number of aromatic nitrogens is 2. The number of aryl methyl sites for hydroxylation is 1. The quantitative estimate of drug-likeness (QED) is 0.346. The van der Waals surface area contributed by atoms with Gasteiger partial charge in [0.2, 0.25) is 0 Å². The first kappa shape index (κ1) is 15.2. The summed E-state index contributed by atoms with van der Waals surface area (Å²) in [6, 6.07) is 1.81. The fraction of sp³-hybridized carbons (Fsp3) is 0.583. The molecule has 0 saturated heterocycles. The van der Waals surface area contributed by atoms with Crippen molar-refractivity contribution >= 4 is 5.84 Å². The van der Waals surface area contributed by atoms with Crippen molar-refractivity contribution in [2.75, 3.05) is 13.7 Å². The van der Waals surface area contributed by atoms with Gasteiger partial charge in [0.25, 0.3) is 0 Å². The molecule has 0 amide bonds. The van der Waals surface area contributed by atoms with E-state index in [0.717, 1.165) is 0 Å². The molecule has 7 nitrogen and oxygen atoms in total. The molecule has 0 atom stereocenters. The van der Waals surface area contributed by atoms with E-state index in [4.69, 9.17) is 20.4 Å². The molecule has 0 radical (unpaired) electrons. The predicted octanol–water partition coefficient (Wildman–Crippen LogP) is 1.07. The number of methoxy groups -OCH3 is 1. The lowest BCUT2D eigenvalue weighted by molar-refractivity contribution is 0.00465. The standard InChI is InChI=1S/C12H20N4O3/c1-8-7-9(10(13)16-17)15-11(14-8)19-6-5-12(2,3)18-4/h7,17H,5-6H2,1-4H3,(H2,13,16). The average Bonchev–Trinajstić information content (AvgIpc) is 2.37. The maximum atomic E-state index is 8.63. The van der Waals surface area contributed by atoms with Crippen LogP contribution < -0.4 is 10.5 Å². The molecule has 0 aliphatic heterocycles. The molecule has 1 aromatic heterocycles. The Labute approximate surface area is 112 Å². The van der Waals surface area contributed by atoms with Gasteiger partial charge in [0.15, 0.2) is 5.84 Å². The van der Waals surface area contributed by atoms with Crippen LogP contribution in [0.25, 0.3) is 0 Å². The molecule has 0 aromatic carbocycles. The first-order valence-corrected chi connectivity index (χ1v) is 5.89. The summed E-state index contributed by atoms with van der Waals surface area (Å²) in [5.41, 5.74) is 6.23. The van der Waals surface area contributed by atoms with E-state index in [2.05, 4.69) is 15.1 Å². The molecule has 0 aliphatic carbocycles. The van der Waals surface area contributed by atoms with Crippen molar-refractivity contribution in [1.29, 1.82) is 0 Å². The van der Waals surface area contributed by atoms with Crippen LogP contribution in [0.3, 0.4) is 0 Å². The van der Waals surface area contributed by atoms with Crippen molar-refractivity contribution in [3.05, 3.63) is 17.5 Å². The Hall–Kier alpha value is -1.89. The largest absolute Gasteiger partial charge is 0.463 e. The van der Waals surface area contributed by atoms with Crippen molar-refractivity contribution < 1.29 is 14.7 Å². The minimum absolute atomic E-state index is 0.0763. The van der Waals surface area contributed by atoms with Crippen LogP contribution in [0.2, 0.25) is 0 Å². The molecule has 0 spiro atoms. The van der Waals surface area contributed by atoms with Gasteiger partial charge >= 0.3 is 6.01 Å². The molecule has 19 heavy (non-hydrogen) atoms. The second kappa shape index (κ2) is 6.33. The van der Waals surface area contributed by atoms with Crippen LogP contribution in [0.5, 0.6) is 6.01 Å². The normalized spacial score (nSPS) is 12.5. The van der Waals surface area contributed by atoms with Crippen LogP contribution in [-0.2, 0) is 4.74 Å². The molecule has 0 fully saturated rings. The Morgan fingerprint density at radius 1 is 1.47 bits per heavy atom. The maximum absolute atomic E-state index is 8.63. The number of oxime groups is 1. The maximum Gasteiger partial charge on any atom is 0.317 e. The summed E-state index contributed by atoms with van der Waals surface area (Å²) in [6.07, 6.45) is 0.694. The molecule has 3 N–H and O–H groups in total. The van der Waals surface area contributed by atoms with E-state index in [9.17, 15) is 0 Å². The third-order valence-corrected chi connectivity index (χ3v) is 2.69. The summed E-state index contributed by atoms with van der Waals surface area (Å²) in [7, 11) is 1.65. The molecule has 1 aromatic rings. The van der Waals surface area contributed by atoms with Gasteiger partial charge in [-0.15, -0.1) is 0 Å². The summed E-state index contributed by atoms with van der Waals surface area (Å²) in [6.45, 7) is 6.13. The monoisotopic (exact) mass is 268 g/mol. The van der Waals surface area contributed by atoms with E-state index >= 15 is 0 Å². The van der Waals surface area contributed by atoms with E-state index in [1.807, 2.05) is 13.8 Å². The van der Waals surface area contributed by atoms with E-state index in [-0.39, 0.29) is 17.4 Å². The van der Waals surface area contributed by atoms with Gasteiger partial charge in [0.1, 0.15) is 5.69 Å². The average molecular weight is 268 g/mol. The number of nitrogens with two attached hydrogens (primary N) is 1. The van der Waals surface area contributed by atoms with Gasteiger partial charge in [0, 0.05) is 19.2 Å².